The molecule has 0 bridgehead atoms. The molecule has 1 amide bonds. The van der Waals surface area contributed by atoms with E-state index in [1.807, 2.05) is 6.92 Å². The summed E-state index contributed by atoms with van der Waals surface area (Å²) in [6, 6.07) is 10.4. The second-order valence-corrected chi connectivity index (χ2v) is 8.07. The third-order valence-corrected chi connectivity index (χ3v) is 5.12. The molecule has 0 aliphatic heterocycles. The number of benzene rings is 2. The number of halogens is 1. The van der Waals surface area contributed by atoms with E-state index in [1.54, 1.807) is 37.6 Å². The van der Waals surface area contributed by atoms with Crippen LogP contribution in [-0.4, -0.2) is 43.3 Å². The van der Waals surface area contributed by atoms with E-state index in [0.29, 0.717) is 28.9 Å². The van der Waals surface area contributed by atoms with E-state index in [9.17, 15) is 14.0 Å². The molecule has 2 aromatic carbocycles. The summed E-state index contributed by atoms with van der Waals surface area (Å²) in [6.07, 6.45) is -0.262. The van der Waals surface area contributed by atoms with Crippen molar-refractivity contribution < 1.29 is 32.9 Å². The molecule has 1 heterocycles. The van der Waals surface area contributed by atoms with Crippen LogP contribution < -0.4 is 14.8 Å². The normalized spacial score (nSPS) is 11.5. The molecule has 180 valence electrons. The van der Waals surface area contributed by atoms with Crippen LogP contribution in [0.5, 0.6) is 17.2 Å². The summed E-state index contributed by atoms with van der Waals surface area (Å²) < 4.78 is 35.2. The number of methoxy groups -OCH3 is 1. The molecule has 8 nitrogen and oxygen atoms in total. The molecule has 3 aromatic rings. The number of aromatic nitrogens is 1. The quantitative estimate of drug-likeness (QED) is 0.386. The fraction of sp³-hybridized carbons (Fsp3) is 0.292. The molecule has 0 spiro atoms. The minimum Gasteiger partial charge on any atom is -0.488 e. The third-order valence-electron chi connectivity index (χ3n) is 4.32. The molecular weight excluding hydrogens is 463 g/mol. The van der Waals surface area contributed by atoms with Crippen molar-refractivity contribution in [3.05, 3.63) is 64.9 Å². The van der Waals surface area contributed by atoms with Gasteiger partial charge in [0.25, 0.3) is 5.91 Å². The number of hydrogen-bond acceptors (Lipinski definition) is 8. The van der Waals surface area contributed by atoms with Crippen LogP contribution in [0.15, 0.2) is 47.8 Å². The first-order chi connectivity index (χ1) is 16.4. The van der Waals surface area contributed by atoms with Crippen LogP contribution in [0.25, 0.3) is 0 Å². The van der Waals surface area contributed by atoms with Gasteiger partial charge in [0.05, 0.1) is 25.3 Å². The summed E-state index contributed by atoms with van der Waals surface area (Å²) in [5.74, 6) is -0.340. The van der Waals surface area contributed by atoms with Crippen LogP contribution in [0, 0.1) is 5.82 Å². The van der Waals surface area contributed by atoms with E-state index in [1.165, 1.54) is 35.6 Å². The summed E-state index contributed by atoms with van der Waals surface area (Å²) in [5.41, 5.74) is 0.745. The summed E-state index contributed by atoms with van der Waals surface area (Å²) in [6.45, 7) is 4.18. The number of ether oxygens (including phenoxy) is 4. The van der Waals surface area contributed by atoms with Gasteiger partial charge in [0.2, 0.25) is 0 Å². The lowest BCUT2D eigenvalue weighted by molar-refractivity contribution is -0.142. The Bertz CT molecular complexity index is 1140. The van der Waals surface area contributed by atoms with Crippen LogP contribution in [0.3, 0.4) is 0 Å². The molecule has 0 saturated heterocycles. The Hall–Kier alpha value is -3.50. The van der Waals surface area contributed by atoms with Gasteiger partial charge in [0, 0.05) is 30.2 Å². The average Bonchev–Trinajstić information content (AvgIpc) is 3.20. The molecule has 0 unspecified atom stereocenters. The summed E-state index contributed by atoms with van der Waals surface area (Å²) in [5, 5.41) is 4.72. The predicted molar refractivity (Wildman–Crippen MR) is 125 cm³/mol. The van der Waals surface area contributed by atoms with E-state index in [-0.39, 0.29) is 36.4 Å². The molecule has 0 saturated carbocycles. The van der Waals surface area contributed by atoms with Gasteiger partial charge in [0.1, 0.15) is 29.2 Å². The van der Waals surface area contributed by atoms with Gasteiger partial charge in [-0.25, -0.2) is 9.37 Å². The summed E-state index contributed by atoms with van der Waals surface area (Å²) in [7, 11) is 1.56. The topological polar surface area (TPSA) is 96.0 Å². The fourth-order valence-electron chi connectivity index (χ4n) is 2.97. The van der Waals surface area contributed by atoms with Crippen LogP contribution in [0.2, 0.25) is 0 Å². The molecule has 0 aliphatic carbocycles. The maximum atomic E-state index is 13.6. The van der Waals surface area contributed by atoms with Crippen molar-refractivity contribution >= 4 is 28.3 Å². The largest absolute Gasteiger partial charge is 0.488 e. The van der Waals surface area contributed by atoms with Gasteiger partial charge < -0.3 is 18.9 Å². The first-order valence-electron chi connectivity index (χ1n) is 10.5. The van der Waals surface area contributed by atoms with Crippen molar-refractivity contribution in [1.29, 1.82) is 0 Å². The third kappa shape index (κ3) is 7.53. The van der Waals surface area contributed by atoms with Crippen molar-refractivity contribution in [2.45, 2.75) is 26.4 Å². The molecule has 3 rings (SSSR count). The Morgan fingerprint density at radius 2 is 1.94 bits per heavy atom. The van der Waals surface area contributed by atoms with Gasteiger partial charge in [-0.15, -0.1) is 11.3 Å². The van der Waals surface area contributed by atoms with Crippen LogP contribution in [0.4, 0.5) is 9.52 Å². The first kappa shape index (κ1) is 25.1. The molecule has 0 fully saturated rings. The van der Waals surface area contributed by atoms with Crippen molar-refractivity contribution in [1.82, 2.24) is 4.98 Å². The Labute approximate surface area is 200 Å². The van der Waals surface area contributed by atoms with E-state index >= 15 is 0 Å². The molecule has 1 N–H and O–H groups in total. The van der Waals surface area contributed by atoms with Gasteiger partial charge in [0.15, 0.2) is 5.13 Å². The van der Waals surface area contributed by atoms with E-state index < -0.39 is 11.7 Å². The van der Waals surface area contributed by atoms with Crippen molar-refractivity contribution in [3.63, 3.8) is 0 Å². The highest BCUT2D eigenvalue weighted by Crippen LogP contribution is 2.29. The molecule has 34 heavy (non-hydrogen) atoms. The monoisotopic (exact) mass is 488 g/mol. The van der Waals surface area contributed by atoms with Gasteiger partial charge in [-0.05, 0) is 38.1 Å². The van der Waals surface area contributed by atoms with Gasteiger partial charge in [-0.2, -0.15) is 0 Å². The van der Waals surface area contributed by atoms with Crippen LogP contribution in [0.1, 0.15) is 29.9 Å². The molecular formula is C24H25FN2O6S. The number of carbonyl (C=O) groups excluding carboxylic acids is 2. The number of amides is 1. The minimum atomic E-state index is -0.453. The molecule has 0 aliphatic rings. The van der Waals surface area contributed by atoms with E-state index in [4.69, 9.17) is 18.9 Å². The number of nitrogens with zero attached hydrogens (tertiary/aromatic N) is 1. The maximum absolute atomic E-state index is 13.6. The minimum absolute atomic E-state index is 0.0204. The number of nitrogens with one attached hydrogen (secondary N) is 1. The molecule has 1 aromatic heterocycles. The highest BCUT2D eigenvalue weighted by atomic mass is 32.1. The number of esters is 1. The highest BCUT2D eigenvalue weighted by molar-refractivity contribution is 7.14. The van der Waals surface area contributed by atoms with Gasteiger partial charge in [-0.1, -0.05) is 6.07 Å². The van der Waals surface area contributed by atoms with Crippen LogP contribution in [-0.2, 0) is 20.7 Å². The smallest absolute Gasteiger partial charge is 0.311 e. The number of anilines is 1. The zero-order valence-corrected chi connectivity index (χ0v) is 19.8. The Morgan fingerprint density at radius 3 is 2.68 bits per heavy atom. The Balaban J connectivity index is 1.80. The molecule has 10 heteroatoms. The SMILES string of the molecule is CCOC(=O)Cc1csc(NC(=O)c2cc(Oc3cccc(F)c3)cc(O[C@@H](C)COC)c2)n1. The van der Waals surface area contributed by atoms with Gasteiger partial charge in [-0.3, -0.25) is 14.9 Å². The van der Waals surface area contributed by atoms with Crippen molar-refractivity contribution in [3.8, 4) is 17.2 Å². The Kier molecular flexibility index (Phi) is 8.94. The standard InChI is InChI=1S/C24H25FN2O6S/c1-4-31-22(28)11-18-14-34-24(26-18)27-23(29)16-8-20(32-15(2)13-30-3)12-21(9-16)33-19-7-5-6-17(25)10-19/h5-10,12,14-15H,4,11,13H2,1-3H3,(H,26,27,29)/t15-/m0/s1. The van der Waals surface area contributed by atoms with Crippen molar-refractivity contribution in [2.75, 3.05) is 25.6 Å². The zero-order chi connectivity index (χ0) is 24.5. The number of carbonyl (C=O) groups is 2. The lowest BCUT2D eigenvalue weighted by Crippen LogP contribution is -2.18. The van der Waals surface area contributed by atoms with E-state index in [0.717, 1.165) is 0 Å². The predicted octanol–water partition coefficient (Wildman–Crippen LogP) is 4.85. The lowest BCUT2D eigenvalue weighted by atomic mass is 10.2. The average molecular weight is 489 g/mol. The maximum Gasteiger partial charge on any atom is 0.311 e. The fourth-order valence-corrected chi connectivity index (χ4v) is 3.68. The second-order valence-electron chi connectivity index (χ2n) is 7.22. The number of rotatable bonds is 11. The highest BCUT2D eigenvalue weighted by Gasteiger charge is 2.16. The number of hydrogen-bond donors (Lipinski definition) is 1. The van der Waals surface area contributed by atoms with Crippen molar-refractivity contribution in [2.24, 2.45) is 0 Å². The molecule has 0 radical (unpaired) electrons. The van der Waals surface area contributed by atoms with E-state index in [2.05, 4.69) is 10.3 Å². The summed E-state index contributed by atoms with van der Waals surface area (Å²) >= 11 is 1.19. The first-order valence-corrected chi connectivity index (χ1v) is 11.4. The summed E-state index contributed by atoms with van der Waals surface area (Å²) in [4.78, 5) is 28.8. The zero-order valence-electron chi connectivity index (χ0n) is 19.0. The Morgan fingerprint density at radius 1 is 1.15 bits per heavy atom. The number of thiazole rings is 1. The van der Waals surface area contributed by atoms with Crippen LogP contribution >= 0.6 is 11.3 Å². The second kappa shape index (κ2) is 12.1. The van der Waals surface area contributed by atoms with Gasteiger partial charge >= 0.3 is 5.97 Å². The lowest BCUT2D eigenvalue weighted by Gasteiger charge is -2.16. The molecule has 1 atom stereocenters.